The number of carbonyl (C=O) groups excluding carboxylic acids is 1. The molecule has 1 amide bonds. The number of amides is 1. The average Bonchev–Trinajstić information content (AvgIpc) is 2.65. The summed E-state index contributed by atoms with van der Waals surface area (Å²) in [5.41, 5.74) is 1.18. The molecule has 0 bridgehead atoms. The molecular weight excluding hydrogens is 342 g/mol. The molecule has 5 nitrogen and oxygen atoms in total. The monoisotopic (exact) mass is 369 g/mol. The zero-order valence-corrected chi connectivity index (χ0v) is 16.4. The molecule has 0 saturated carbocycles. The van der Waals surface area contributed by atoms with E-state index in [-0.39, 0.29) is 17.6 Å². The van der Waals surface area contributed by atoms with E-state index in [1.165, 1.54) is 0 Å². The first-order valence-electron chi connectivity index (χ1n) is 9.32. The largest absolute Gasteiger partial charge is 0.497 e. The van der Waals surface area contributed by atoms with Crippen LogP contribution >= 0.6 is 0 Å². The molecule has 0 fully saturated rings. The van der Waals surface area contributed by atoms with Crippen LogP contribution in [0.15, 0.2) is 42.5 Å². The normalized spacial score (nSPS) is 17.4. The topological polar surface area (TPSA) is 56.8 Å². The van der Waals surface area contributed by atoms with Gasteiger partial charge in [0.25, 0.3) is 5.91 Å². The molecule has 144 valence electrons. The Labute approximate surface area is 160 Å². The van der Waals surface area contributed by atoms with Crippen molar-refractivity contribution < 1.29 is 19.0 Å². The van der Waals surface area contributed by atoms with Crippen molar-refractivity contribution in [1.82, 2.24) is 5.32 Å². The van der Waals surface area contributed by atoms with Crippen LogP contribution in [0.2, 0.25) is 0 Å². The predicted molar refractivity (Wildman–Crippen MR) is 105 cm³/mol. The third kappa shape index (κ3) is 4.54. The SMILES string of the molecule is CCCOc1ccc(C(=O)NC2CC(C)(C)Oc3ccc(OC)cc32)cc1. The molecule has 0 spiro atoms. The highest BCUT2D eigenvalue weighted by molar-refractivity contribution is 5.94. The molecule has 2 aromatic carbocycles. The van der Waals surface area contributed by atoms with Crippen LogP contribution < -0.4 is 19.5 Å². The average molecular weight is 369 g/mol. The zero-order chi connectivity index (χ0) is 19.4. The predicted octanol–water partition coefficient (Wildman–Crippen LogP) is 4.52. The summed E-state index contributed by atoms with van der Waals surface area (Å²) in [5, 5.41) is 3.15. The van der Waals surface area contributed by atoms with Crippen LogP contribution in [0.4, 0.5) is 0 Å². The summed E-state index contributed by atoms with van der Waals surface area (Å²) in [7, 11) is 1.63. The standard InChI is InChI=1S/C22H27NO4/c1-5-12-26-16-8-6-15(7-9-16)21(24)23-19-14-22(2,3)27-20-11-10-17(25-4)13-18(19)20/h6-11,13,19H,5,12,14H2,1-4H3,(H,23,24). The first-order chi connectivity index (χ1) is 12.9. The lowest BCUT2D eigenvalue weighted by Gasteiger charge is -2.38. The van der Waals surface area contributed by atoms with Crippen molar-refractivity contribution in [3.63, 3.8) is 0 Å². The molecule has 1 aliphatic heterocycles. The molecule has 27 heavy (non-hydrogen) atoms. The first kappa shape index (κ1) is 19.1. The minimum Gasteiger partial charge on any atom is -0.497 e. The van der Waals surface area contributed by atoms with Crippen molar-refractivity contribution in [1.29, 1.82) is 0 Å². The Balaban J connectivity index is 1.79. The Morgan fingerprint density at radius 1 is 1.19 bits per heavy atom. The van der Waals surface area contributed by atoms with Crippen LogP contribution in [0.3, 0.4) is 0 Å². The lowest BCUT2D eigenvalue weighted by atomic mass is 9.89. The fraction of sp³-hybridized carbons (Fsp3) is 0.409. The Hall–Kier alpha value is -2.69. The molecule has 3 rings (SSSR count). The summed E-state index contributed by atoms with van der Waals surface area (Å²) in [5.74, 6) is 2.18. The number of benzene rings is 2. The summed E-state index contributed by atoms with van der Waals surface area (Å²) in [4.78, 5) is 12.8. The molecule has 1 heterocycles. The van der Waals surface area contributed by atoms with Crippen molar-refractivity contribution in [2.24, 2.45) is 0 Å². The van der Waals surface area contributed by atoms with Gasteiger partial charge < -0.3 is 19.5 Å². The van der Waals surface area contributed by atoms with Gasteiger partial charge in [-0.25, -0.2) is 0 Å². The van der Waals surface area contributed by atoms with E-state index in [9.17, 15) is 4.79 Å². The Morgan fingerprint density at radius 2 is 1.89 bits per heavy atom. The molecule has 0 radical (unpaired) electrons. The second-order valence-corrected chi connectivity index (χ2v) is 7.37. The fourth-order valence-corrected chi connectivity index (χ4v) is 3.25. The molecule has 0 saturated heterocycles. The van der Waals surface area contributed by atoms with E-state index in [1.807, 2.05) is 44.2 Å². The molecule has 1 N–H and O–H groups in total. The minimum atomic E-state index is -0.364. The quantitative estimate of drug-likeness (QED) is 0.814. The van der Waals surface area contributed by atoms with Gasteiger partial charge in [-0.15, -0.1) is 0 Å². The summed E-state index contributed by atoms with van der Waals surface area (Å²) in [6, 6.07) is 12.8. The number of rotatable bonds is 6. The van der Waals surface area contributed by atoms with Gasteiger partial charge in [-0.2, -0.15) is 0 Å². The smallest absolute Gasteiger partial charge is 0.251 e. The number of hydrogen-bond acceptors (Lipinski definition) is 4. The van der Waals surface area contributed by atoms with Gasteiger partial charge in [0, 0.05) is 17.5 Å². The number of nitrogens with one attached hydrogen (secondary N) is 1. The maximum absolute atomic E-state index is 12.8. The van der Waals surface area contributed by atoms with Crippen molar-refractivity contribution in [3.05, 3.63) is 53.6 Å². The molecule has 1 unspecified atom stereocenters. The number of fused-ring (bicyclic) bond motifs is 1. The lowest BCUT2D eigenvalue weighted by molar-refractivity contribution is 0.0618. The first-order valence-corrected chi connectivity index (χ1v) is 9.32. The number of hydrogen-bond donors (Lipinski definition) is 1. The highest BCUT2D eigenvalue weighted by Crippen LogP contribution is 2.41. The van der Waals surface area contributed by atoms with E-state index in [0.717, 1.165) is 29.2 Å². The van der Waals surface area contributed by atoms with Crippen molar-refractivity contribution in [3.8, 4) is 17.2 Å². The summed E-state index contributed by atoms with van der Waals surface area (Å²) in [6.45, 7) is 6.78. The van der Waals surface area contributed by atoms with Crippen molar-refractivity contribution in [2.45, 2.75) is 45.3 Å². The third-order valence-corrected chi connectivity index (χ3v) is 4.57. The maximum Gasteiger partial charge on any atom is 0.251 e. The van der Waals surface area contributed by atoms with Crippen LogP contribution in [0.1, 0.15) is 55.6 Å². The highest BCUT2D eigenvalue weighted by atomic mass is 16.5. The van der Waals surface area contributed by atoms with Gasteiger partial charge in [-0.1, -0.05) is 6.92 Å². The van der Waals surface area contributed by atoms with Gasteiger partial charge in [-0.3, -0.25) is 4.79 Å². The number of carbonyl (C=O) groups is 1. The summed E-state index contributed by atoms with van der Waals surface area (Å²) < 4.78 is 17.0. The van der Waals surface area contributed by atoms with E-state index in [2.05, 4.69) is 12.2 Å². The zero-order valence-electron chi connectivity index (χ0n) is 16.4. The van der Waals surface area contributed by atoms with E-state index in [0.29, 0.717) is 18.6 Å². The second kappa shape index (κ2) is 7.91. The van der Waals surface area contributed by atoms with E-state index >= 15 is 0 Å². The Bertz CT molecular complexity index is 798. The highest BCUT2D eigenvalue weighted by Gasteiger charge is 2.35. The van der Waals surface area contributed by atoms with Crippen LogP contribution in [0.5, 0.6) is 17.2 Å². The molecule has 0 aromatic heterocycles. The second-order valence-electron chi connectivity index (χ2n) is 7.37. The van der Waals surface area contributed by atoms with Gasteiger partial charge >= 0.3 is 0 Å². The molecule has 1 atom stereocenters. The summed E-state index contributed by atoms with van der Waals surface area (Å²) in [6.07, 6.45) is 1.63. The molecule has 1 aliphatic rings. The maximum atomic E-state index is 12.8. The van der Waals surface area contributed by atoms with E-state index in [4.69, 9.17) is 14.2 Å². The van der Waals surface area contributed by atoms with Gasteiger partial charge in [0.2, 0.25) is 0 Å². The van der Waals surface area contributed by atoms with Crippen LogP contribution in [-0.4, -0.2) is 25.2 Å². The lowest BCUT2D eigenvalue weighted by Crippen LogP contribution is -2.41. The van der Waals surface area contributed by atoms with E-state index < -0.39 is 0 Å². The molecule has 0 aliphatic carbocycles. The van der Waals surface area contributed by atoms with Crippen molar-refractivity contribution >= 4 is 5.91 Å². The van der Waals surface area contributed by atoms with Crippen molar-refractivity contribution in [2.75, 3.05) is 13.7 Å². The molecule has 5 heteroatoms. The van der Waals surface area contributed by atoms with Gasteiger partial charge in [0.05, 0.1) is 19.8 Å². The van der Waals surface area contributed by atoms with Crippen LogP contribution in [0, 0.1) is 0 Å². The number of ether oxygens (including phenoxy) is 3. The van der Waals surface area contributed by atoms with Gasteiger partial charge in [0.15, 0.2) is 0 Å². The van der Waals surface area contributed by atoms with Gasteiger partial charge in [0.1, 0.15) is 22.8 Å². The molecule has 2 aromatic rings. The van der Waals surface area contributed by atoms with E-state index in [1.54, 1.807) is 19.2 Å². The fourth-order valence-electron chi connectivity index (χ4n) is 3.25. The number of methoxy groups -OCH3 is 1. The third-order valence-electron chi connectivity index (χ3n) is 4.57. The summed E-state index contributed by atoms with van der Waals surface area (Å²) >= 11 is 0. The molecular formula is C22H27NO4. The van der Waals surface area contributed by atoms with Crippen LogP contribution in [0.25, 0.3) is 0 Å². The Morgan fingerprint density at radius 3 is 2.56 bits per heavy atom. The van der Waals surface area contributed by atoms with Gasteiger partial charge in [-0.05, 0) is 62.7 Å². The minimum absolute atomic E-state index is 0.117. The van der Waals surface area contributed by atoms with Crippen LogP contribution in [-0.2, 0) is 0 Å². The Kier molecular flexibility index (Phi) is 5.59.